The summed E-state index contributed by atoms with van der Waals surface area (Å²) >= 11 is 0. The highest BCUT2D eigenvalue weighted by molar-refractivity contribution is 7.91. The fraction of sp³-hybridized carbons (Fsp3) is 0.222. The standard InChI is InChI=1S/C18H24N6O8S/c1-3-21-11-9(5-7(23-17(19)29)13(25)15(11)27)33(31,32)10-6-8(24-18(20)30)14(26)16(28)12(10)22-4-2/h5-6,21-22,25-28H,3-4H2,1-2H3,(H3,19,23,29)(H3,20,24,30). The van der Waals surface area contributed by atoms with E-state index in [4.69, 9.17) is 11.5 Å². The number of hydrogen-bond donors (Lipinski definition) is 10. The number of urea groups is 2. The Labute approximate surface area is 188 Å². The molecule has 0 aliphatic carbocycles. The summed E-state index contributed by atoms with van der Waals surface area (Å²) in [5, 5.41) is 50.4. The van der Waals surface area contributed by atoms with E-state index in [2.05, 4.69) is 10.6 Å². The molecule has 0 atom stereocenters. The zero-order chi connectivity index (χ0) is 25.1. The van der Waals surface area contributed by atoms with Crippen LogP contribution in [0.5, 0.6) is 23.0 Å². The molecule has 0 spiro atoms. The number of sulfone groups is 1. The van der Waals surface area contributed by atoms with Crippen LogP contribution in [-0.4, -0.2) is 54.0 Å². The van der Waals surface area contributed by atoms with Crippen LogP contribution in [0.3, 0.4) is 0 Å². The van der Waals surface area contributed by atoms with Crippen LogP contribution < -0.4 is 32.7 Å². The Morgan fingerprint density at radius 3 is 1.36 bits per heavy atom. The molecule has 15 heteroatoms. The van der Waals surface area contributed by atoms with Crippen molar-refractivity contribution in [3.8, 4) is 23.0 Å². The number of rotatable bonds is 8. The molecule has 0 saturated heterocycles. The minimum Gasteiger partial charge on any atom is -0.503 e. The summed E-state index contributed by atoms with van der Waals surface area (Å²) in [5.74, 6) is -3.49. The van der Waals surface area contributed by atoms with E-state index in [1.807, 2.05) is 10.6 Å². The van der Waals surface area contributed by atoms with Gasteiger partial charge in [0.25, 0.3) is 0 Å². The van der Waals surface area contributed by atoms with Crippen molar-refractivity contribution in [2.75, 3.05) is 34.4 Å². The highest BCUT2D eigenvalue weighted by atomic mass is 32.2. The van der Waals surface area contributed by atoms with Gasteiger partial charge in [0.1, 0.15) is 9.79 Å². The number of phenolic OH excluding ortho intramolecular Hbond substituents is 4. The predicted octanol–water partition coefficient (Wildman–Crippen LogP) is 1.19. The lowest BCUT2D eigenvalue weighted by Gasteiger charge is -2.20. The van der Waals surface area contributed by atoms with E-state index in [9.17, 15) is 38.4 Å². The average molecular weight is 484 g/mol. The summed E-state index contributed by atoms with van der Waals surface area (Å²) < 4.78 is 27.3. The maximum absolute atomic E-state index is 13.7. The molecule has 2 aromatic carbocycles. The van der Waals surface area contributed by atoms with E-state index >= 15 is 0 Å². The lowest BCUT2D eigenvalue weighted by molar-refractivity contribution is 0.258. The first-order chi connectivity index (χ1) is 15.4. The summed E-state index contributed by atoms with van der Waals surface area (Å²) in [6.45, 7) is 3.42. The third-order valence-electron chi connectivity index (χ3n) is 4.28. The summed E-state index contributed by atoms with van der Waals surface area (Å²) in [6.07, 6.45) is 0. The summed E-state index contributed by atoms with van der Waals surface area (Å²) in [6, 6.07) is -0.609. The van der Waals surface area contributed by atoms with E-state index in [0.717, 1.165) is 12.1 Å². The van der Waals surface area contributed by atoms with Gasteiger partial charge in [0.2, 0.25) is 9.84 Å². The van der Waals surface area contributed by atoms with E-state index < -0.39 is 77.4 Å². The molecule has 2 rings (SSSR count). The number of phenols is 4. The molecular weight excluding hydrogens is 460 g/mol. The van der Waals surface area contributed by atoms with Gasteiger partial charge in [0.05, 0.1) is 22.7 Å². The van der Waals surface area contributed by atoms with Crippen molar-refractivity contribution in [3.05, 3.63) is 12.1 Å². The molecular formula is C18H24N6O8S. The molecule has 4 amide bonds. The van der Waals surface area contributed by atoms with Crippen LogP contribution in [0.25, 0.3) is 0 Å². The van der Waals surface area contributed by atoms with Crippen LogP contribution in [0.1, 0.15) is 13.8 Å². The van der Waals surface area contributed by atoms with Gasteiger partial charge in [-0.2, -0.15) is 0 Å². The SMILES string of the molecule is CCNc1c(S(=O)(=O)c2cc(NC(N)=O)c(O)c(O)c2NCC)cc(NC(N)=O)c(O)c1O. The Balaban J connectivity index is 2.95. The van der Waals surface area contributed by atoms with Crippen molar-refractivity contribution in [2.45, 2.75) is 23.6 Å². The number of primary amides is 2. The Bertz CT molecular complexity index is 1130. The van der Waals surface area contributed by atoms with Crippen LogP contribution in [-0.2, 0) is 9.84 Å². The molecule has 14 nitrogen and oxygen atoms in total. The highest BCUT2D eigenvalue weighted by Crippen LogP contribution is 2.49. The number of hydrogen-bond acceptors (Lipinski definition) is 10. The number of nitrogens with two attached hydrogens (primary N) is 2. The number of aromatic hydroxyl groups is 4. The minimum absolute atomic E-state index is 0.119. The number of nitrogens with one attached hydrogen (secondary N) is 4. The first kappa shape index (κ1) is 25.0. The monoisotopic (exact) mass is 484 g/mol. The second kappa shape index (κ2) is 9.47. The largest absolute Gasteiger partial charge is 0.503 e. The molecule has 2 aromatic rings. The molecule has 0 aromatic heterocycles. The number of benzene rings is 2. The zero-order valence-electron chi connectivity index (χ0n) is 17.6. The number of anilines is 4. The average Bonchev–Trinajstić information content (AvgIpc) is 2.72. The molecule has 12 N–H and O–H groups in total. The Kier molecular flexibility index (Phi) is 7.18. The van der Waals surface area contributed by atoms with Crippen LogP contribution in [0, 0.1) is 0 Å². The second-order valence-electron chi connectivity index (χ2n) is 6.53. The summed E-state index contributed by atoms with van der Waals surface area (Å²) in [5.41, 5.74) is 8.25. The smallest absolute Gasteiger partial charge is 0.316 e. The van der Waals surface area contributed by atoms with E-state index in [-0.39, 0.29) is 13.1 Å². The van der Waals surface area contributed by atoms with Gasteiger partial charge in [-0.15, -0.1) is 0 Å². The van der Waals surface area contributed by atoms with Crippen molar-refractivity contribution >= 4 is 44.6 Å². The third kappa shape index (κ3) is 4.82. The molecule has 0 bridgehead atoms. The van der Waals surface area contributed by atoms with E-state index in [1.54, 1.807) is 13.8 Å². The Morgan fingerprint density at radius 1 is 0.758 bits per heavy atom. The van der Waals surface area contributed by atoms with Gasteiger partial charge >= 0.3 is 12.1 Å². The number of carbonyl (C=O) groups excluding carboxylic acids is 2. The molecule has 0 aliphatic heterocycles. The molecule has 0 fully saturated rings. The van der Waals surface area contributed by atoms with Crippen molar-refractivity contribution in [3.63, 3.8) is 0 Å². The van der Waals surface area contributed by atoms with Crippen LogP contribution in [0.15, 0.2) is 21.9 Å². The first-order valence-electron chi connectivity index (χ1n) is 9.40. The Morgan fingerprint density at radius 2 is 1.09 bits per heavy atom. The zero-order valence-corrected chi connectivity index (χ0v) is 18.4. The van der Waals surface area contributed by atoms with Gasteiger partial charge in [-0.3, -0.25) is 0 Å². The van der Waals surface area contributed by atoms with Crippen LogP contribution in [0.2, 0.25) is 0 Å². The molecule has 0 radical (unpaired) electrons. The number of amides is 4. The van der Waals surface area contributed by atoms with Crippen molar-refractivity contribution in [1.29, 1.82) is 0 Å². The van der Waals surface area contributed by atoms with Gasteiger partial charge in [-0.1, -0.05) is 0 Å². The van der Waals surface area contributed by atoms with Crippen LogP contribution in [0.4, 0.5) is 32.3 Å². The second-order valence-corrected chi connectivity index (χ2v) is 8.42. The molecule has 33 heavy (non-hydrogen) atoms. The van der Waals surface area contributed by atoms with Gasteiger partial charge in [0.15, 0.2) is 23.0 Å². The Hall–Kier alpha value is -4.27. The minimum atomic E-state index is -4.69. The lowest BCUT2D eigenvalue weighted by Crippen LogP contribution is -2.21. The molecule has 180 valence electrons. The summed E-state index contributed by atoms with van der Waals surface area (Å²) in [7, 11) is -4.69. The first-order valence-corrected chi connectivity index (χ1v) is 10.9. The maximum atomic E-state index is 13.7. The third-order valence-corrected chi connectivity index (χ3v) is 6.08. The predicted molar refractivity (Wildman–Crippen MR) is 120 cm³/mol. The van der Waals surface area contributed by atoms with Gasteiger partial charge in [-0.05, 0) is 26.0 Å². The van der Waals surface area contributed by atoms with Gasteiger partial charge < -0.3 is 53.2 Å². The van der Waals surface area contributed by atoms with Gasteiger partial charge in [0, 0.05) is 13.1 Å². The molecule has 0 aliphatic rings. The topological polar surface area (TPSA) is 249 Å². The van der Waals surface area contributed by atoms with E-state index in [0.29, 0.717) is 0 Å². The van der Waals surface area contributed by atoms with Gasteiger partial charge in [-0.25, -0.2) is 18.0 Å². The quantitative estimate of drug-likeness (QED) is 0.239. The van der Waals surface area contributed by atoms with Crippen molar-refractivity contribution < 1.29 is 38.4 Å². The van der Waals surface area contributed by atoms with Crippen LogP contribution >= 0.6 is 0 Å². The normalized spacial score (nSPS) is 11.0. The van der Waals surface area contributed by atoms with Crippen molar-refractivity contribution in [2.24, 2.45) is 11.5 Å². The molecule has 0 heterocycles. The maximum Gasteiger partial charge on any atom is 0.316 e. The van der Waals surface area contributed by atoms with Crippen molar-refractivity contribution in [1.82, 2.24) is 0 Å². The highest BCUT2D eigenvalue weighted by Gasteiger charge is 2.32. The molecule has 0 unspecified atom stereocenters. The fourth-order valence-corrected chi connectivity index (χ4v) is 4.62. The summed E-state index contributed by atoms with van der Waals surface area (Å²) in [4.78, 5) is 21.3. The molecule has 0 saturated carbocycles. The van der Waals surface area contributed by atoms with E-state index in [1.165, 1.54) is 0 Å². The lowest BCUT2D eigenvalue weighted by atomic mass is 10.2. The fourth-order valence-electron chi connectivity index (χ4n) is 2.96. The number of carbonyl (C=O) groups is 2.